The first-order chi connectivity index (χ1) is 20.1. The van der Waals surface area contributed by atoms with Crippen LogP contribution in [0.1, 0.15) is 110 Å². The topological polar surface area (TPSA) is 71.1 Å². The molecule has 0 atom stereocenters. The lowest BCUT2D eigenvalue weighted by Crippen LogP contribution is -2.30. The molecular formula is C35H54O6. The minimum absolute atomic E-state index is 0.0535. The van der Waals surface area contributed by atoms with Crippen LogP contribution in [0.4, 0.5) is 0 Å². The molecule has 0 spiro atoms. The normalized spacial score (nSPS) is 22.5. The molecule has 0 saturated heterocycles. The van der Waals surface area contributed by atoms with Gasteiger partial charge >= 0.3 is 11.9 Å². The van der Waals surface area contributed by atoms with Crippen molar-refractivity contribution in [2.75, 3.05) is 26.4 Å². The van der Waals surface area contributed by atoms with Crippen LogP contribution >= 0.6 is 0 Å². The van der Waals surface area contributed by atoms with Crippen molar-refractivity contribution >= 4 is 11.9 Å². The molecule has 6 heteroatoms. The highest BCUT2D eigenvalue weighted by atomic mass is 16.5. The molecule has 230 valence electrons. The molecule has 1 aromatic rings. The third-order valence-corrected chi connectivity index (χ3v) is 8.93. The zero-order chi connectivity index (χ0) is 29.1. The summed E-state index contributed by atoms with van der Waals surface area (Å²) in [5, 5.41) is 0. The fraction of sp³-hybridized carbons (Fsp3) is 0.714. The predicted molar refractivity (Wildman–Crippen MR) is 163 cm³/mol. The fourth-order valence-corrected chi connectivity index (χ4v) is 6.30. The SMILES string of the molecule is C=CC(=O)OCCCCCCOc1ccc(OCC2CCC(C3CCC(C(=O)OCCCCCC)CC3)CC2)cc1. The van der Waals surface area contributed by atoms with E-state index in [-0.39, 0.29) is 17.9 Å². The molecule has 0 unspecified atom stereocenters. The van der Waals surface area contributed by atoms with E-state index >= 15 is 0 Å². The number of carbonyl (C=O) groups is 2. The highest BCUT2D eigenvalue weighted by molar-refractivity contribution is 5.81. The van der Waals surface area contributed by atoms with Crippen molar-refractivity contribution in [1.82, 2.24) is 0 Å². The van der Waals surface area contributed by atoms with Crippen molar-refractivity contribution in [3.05, 3.63) is 36.9 Å². The van der Waals surface area contributed by atoms with Crippen molar-refractivity contribution < 1.29 is 28.5 Å². The van der Waals surface area contributed by atoms with E-state index in [1.54, 1.807) is 0 Å². The maximum atomic E-state index is 12.4. The zero-order valence-corrected chi connectivity index (χ0v) is 25.5. The van der Waals surface area contributed by atoms with Crippen LogP contribution in [0.25, 0.3) is 0 Å². The monoisotopic (exact) mass is 570 g/mol. The van der Waals surface area contributed by atoms with Crippen molar-refractivity contribution in [2.24, 2.45) is 23.7 Å². The van der Waals surface area contributed by atoms with E-state index < -0.39 is 0 Å². The van der Waals surface area contributed by atoms with E-state index in [2.05, 4.69) is 13.5 Å². The second-order valence-corrected chi connectivity index (χ2v) is 12.0. The van der Waals surface area contributed by atoms with E-state index in [0.717, 1.165) is 81.3 Å². The van der Waals surface area contributed by atoms with Gasteiger partial charge in [-0.25, -0.2) is 4.79 Å². The Hall–Kier alpha value is -2.50. The molecule has 2 saturated carbocycles. The van der Waals surface area contributed by atoms with E-state index in [4.69, 9.17) is 18.9 Å². The first-order valence-corrected chi connectivity index (χ1v) is 16.4. The van der Waals surface area contributed by atoms with Gasteiger partial charge in [0.05, 0.1) is 32.3 Å². The molecule has 2 fully saturated rings. The van der Waals surface area contributed by atoms with Crippen molar-refractivity contribution in [3.8, 4) is 11.5 Å². The van der Waals surface area contributed by atoms with Gasteiger partial charge < -0.3 is 18.9 Å². The second-order valence-electron chi connectivity index (χ2n) is 12.0. The van der Waals surface area contributed by atoms with Gasteiger partial charge in [0.1, 0.15) is 11.5 Å². The summed E-state index contributed by atoms with van der Waals surface area (Å²) in [5.74, 6) is 3.82. The minimum atomic E-state index is -0.355. The van der Waals surface area contributed by atoms with E-state index in [0.29, 0.717) is 25.7 Å². The summed E-state index contributed by atoms with van der Waals surface area (Å²) in [5.41, 5.74) is 0. The average Bonchev–Trinajstić information content (AvgIpc) is 3.02. The van der Waals surface area contributed by atoms with Gasteiger partial charge in [0.2, 0.25) is 0 Å². The summed E-state index contributed by atoms with van der Waals surface area (Å²) >= 11 is 0. The van der Waals surface area contributed by atoms with E-state index in [1.807, 2.05) is 24.3 Å². The highest BCUT2D eigenvalue weighted by Gasteiger charge is 2.33. The predicted octanol–water partition coefficient (Wildman–Crippen LogP) is 8.47. The molecule has 0 amide bonds. The Morgan fingerprint density at radius 1 is 0.707 bits per heavy atom. The van der Waals surface area contributed by atoms with Crippen molar-refractivity contribution in [1.29, 1.82) is 0 Å². The smallest absolute Gasteiger partial charge is 0.330 e. The van der Waals surface area contributed by atoms with Crippen molar-refractivity contribution in [3.63, 3.8) is 0 Å². The first kappa shape index (κ1) is 33.0. The Kier molecular flexibility index (Phi) is 15.8. The van der Waals surface area contributed by atoms with E-state index in [1.165, 1.54) is 57.4 Å². The Labute approximate surface area is 248 Å². The molecular weight excluding hydrogens is 516 g/mol. The van der Waals surface area contributed by atoms with Crippen LogP contribution in [0.3, 0.4) is 0 Å². The summed E-state index contributed by atoms with van der Waals surface area (Å²) in [6.45, 7) is 8.11. The molecule has 0 aromatic heterocycles. The summed E-state index contributed by atoms with van der Waals surface area (Å²) in [7, 11) is 0. The lowest BCUT2D eigenvalue weighted by molar-refractivity contribution is -0.150. The van der Waals surface area contributed by atoms with Gasteiger partial charge in [0.25, 0.3) is 0 Å². The Balaban J connectivity index is 1.21. The molecule has 6 nitrogen and oxygen atoms in total. The molecule has 0 bridgehead atoms. The maximum Gasteiger partial charge on any atom is 0.330 e. The molecule has 0 radical (unpaired) electrons. The Morgan fingerprint density at radius 3 is 1.85 bits per heavy atom. The van der Waals surface area contributed by atoms with Gasteiger partial charge in [-0.3, -0.25) is 4.79 Å². The number of carbonyl (C=O) groups excluding carboxylic acids is 2. The van der Waals surface area contributed by atoms with Gasteiger partial charge in [-0.05, 0) is 125 Å². The first-order valence-electron chi connectivity index (χ1n) is 16.4. The lowest BCUT2D eigenvalue weighted by Gasteiger charge is -2.37. The largest absolute Gasteiger partial charge is 0.494 e. The van der Waals surface area contributed by atoms with Crippen LogP contribution in [-0.4, -0.2) is 38.4 Å². The van der Waals surface area contributed by atoms with Gasteiger partial charge in [-0.2, -0.15) is 0 Å². The number of ether oxygens (including phenoxy) is 4. The third kappa shape index (κ3) is 12.9. The minimum Gasteiger partial charge on any atom is -0.494 e. The van der Waals surface area contributed by atoms with Gasteiger partial charge in [0.15, 0.2) is 0 Å². The van der Waals surface area contributed by atoms with Crippen LogP contribution in [0, 0.1) is 23.7 Å². The van der Waals surface area contributed by atoms with Gasteiger partial charge in [0, 0.05) is 6.08 Å². The molecule has 0 heterocycles. The summed E-state index contributed by atoms with van der Waals surface area (Å²) < 4.78 is 22.5. The standard InChI is InChI=1S/C35H54O6/c1-3-5-6-9-26-40-35(37)31-18-16-30(17-19-31)29-14-12-28(13-15-29)27-41-33-22-20-32(21-23-33)38-24-10-7-8-11-25-39-34(36)4-2/h4,20-23,28-31H,2-3,5-19,24-27H2,1H3. The Morgan fingerprint density at radius 2 is 1.24 bits per heavy atom. The lowest BCUT2D eigenvalue weighted by atomic mass is 9.69. The highest BCUT2D eigenvalue weighted by Crippen LogP contribution is 2.41. The number of esters is 2. The number of rotatable bonds is 19. The number of unbranched alkanes of at least 4 members (excludes halogenated alkanes) is 6. The molecule has 0 aliphatic heterocycles. The third-order valence-electron chi connectivity index (χ3n) is 8.93. The fourth-order valence-electron chi connectivity index (χ4n) is 6.30. The molecule has 2 aliphatic rings. The second kappa shape index (κ2) is 19.6. The molecule has 41 heavy (non-hydrogen) atoms. The number of hydrogen-bond acceptors (Lipinski definition) is 6. The number of hydrogen-bond donors (Lipinski definition) is 0. The summed E-state index contributed by atoms with van der Waals surface area (Å²) in [6.07, 6.45) is 19.1. The molecule has 1 aromatic carbocycles. The zero-order valence-electron chi connectivity index (χ0n) is 25.5. The Bertz CT molecular complexity index is 865. The van der Waals surface area contributed by atoms with Crippen LogP contribution in [0.2, 0.25) is 0 Å². The van der Waals surface area contributed by atoms with E-state index in [9.17, 15) is 9.59 Å². The van der Waals surface area contributed by atoms with Crippen molar-refractivity contribution in [2.45, 2.75) is 110 Å². The van der Waals surface area contributed by atoms with Crippen LogP contribution in [-0.2, 0) is 19.1 Å². The van der Waals surface area contributed by atoms with Gasteiger partial charge in [-0.1, -0.05) is 32.8 Å². The summed E-state index contributed by atoms with van der Waals surface area (Å²) in [4.78, 5) is 23.4. The van der Waals surface area contributed by atoms with Crippen LogP contribution in [0.15, 0.2) is 36.9 Å². The van der Waals surface area contributed by atoms with Crippen LogP contribution in [0.5, 0.6) is 11.5 Å². The van der Waals surface area contributed by atoms with Crippen LogP contribution < -0.4 is 9.47 Å². The quantitative estimate of drug-likeness (QED) is 0.0944. The van der Waals surface area contributed by atoms with Gasteiger partial charge in [-0.15, -0.1) is 0 Å². The molecule has 3 rings (SSSR count). The average molecular weight is 571 g/mol. The summed E-state index contributed by atoms with van der Waals surface area (Å²) in [6, 6.07) is 7.98. The maximum absolute atomic E-state index is 12.4. The molecule has 2 aliphatic carbocycles. The molecule has 0 N–H and O–H groups in total. The number of benzene rings is 1.